The average Bonchev–Trinajstić information content (AvgIpc) is 2.96. The van der Waals surface area contributed by atoms with Crippen LogP contribution in [0.3, 0.4) is 0 Å². The number of alkyl halides is 3. The smallest absolute Gasteiger partial charge is 0.361 e. The van der Waals surface area contributed by atoms with E-state index in [-0.39, 0.29) is 29.9 Å². The van der Waals surface area contributed by atoms with Crippen molar-refractivity contribution in [2.24, 2.45) is 4.99 Å². The Balaban J connectivity index is 0.00000420. The molecule has 5 nitrogen and oxygen atoms in total. The molecular weight excluding hydrogens is 496 g/mol. The van der Waals surface area contributed by atoms with Crippen molar-refractivity contribution in [3.63, 3.8) is 0 Å². The van der Waals surface area contributed by atoms with Gasteiger partial charge < -0.3 is 14.7 Å². The van der Waals surface area contributed by atoms with Gasteiger partial charge in [0.15, 0.2) is 5.96 Å². The van der Waals surface area contributed by atoms with Gasteiger partial charge in [0.05, 0.1) is 11.3 Å². The molecule has 0 bridgehead atoms. The second-order valence-corrected chi connectivity index (χ2v) is 6.88. The first-order chi connectivity index (χ1) is 13.1. The molecule has 1 N–H and O–H groups in total. The van der Waals surface area contributed by atoms with Crippen molar-refractivity contribution in [3.05, 3.63) is 52.4 Å². The largest absolute Gasteiger partial charge is 0.416 e. The molecule has 1 atom stereocenters. The predicted molar refractivity (Wildman–Crippen MR) is 119 cm³/mol. The Kier molecular flexibility index (Phi) is 9.44. The summed E-state index contributed by atoms with van der Waals surface area (Å²) in [7, 11) is 1.86. The maximum Gasteiger partial charge on any atom is 0.416 e. The molecule has 1 aromatic carbocycles. The highest BCUT2D eigenvalue weighted by molar-refractivity contribution is 14.0. The molecule has 29 heavy (non-hydrogen) atoms. The number of aromatic nitrogens is 1. The second kappa shape index (κ2) is 10.8. The van der Waals surface area contributed by atoms with E-state index in [4.69, 9.17) is 4.52 Å². The number of hydrogen-bond acceptors (Lipinski definition) is 3. The predicted octanol–water partition coefficient (Wildman–Crippen LogP) is 5.13. The van der Waals surface area contributed by atoms with Crippen LogP contribution >= 0.6 is 24.0 Å². The third kappa shape index (κ3) is 6.90. The van der Waals surface area contributed by atoms with Crippen LogP contribution in [0.5, 0.6) is 0 Å². The van der Waals surface area contributed by atoms with Gasteiger partial charge in [-0.2, -0.15) is 13.2 Å². The number of benzene rings is 1. The molecule has 0 spiro atoms. The average molecular weight is 524 g/mol. The second-order valence-electron chi connectivity index (χ2n) is 6.88. The maximum absolute atomic E-state index is 12.7. The van der Waals surface area contributed by atoms with E-state index in [1.54, 1.807) is 0 Å². The molecule has 0 amide bonds. The zero-order chi connectivity index (χ0) is 20.9. The third-order valence-corrected chi connectivity index (χ3v) is 4.49. The summed E-state index contributed by atoms with van der Waals surface area (Å²) in [6.07, 6.45) is -4.32. The highest BCUT2D eigenvalue weighted by atomic mass is 127. The van der Waals surface area contributed by atoms with Gasteiger partial charge in [0.2, 0.25) is 0 Å². The lowest BCUT2D eigenvalue weighted by Gasteiger charge is -2.23. The highest BCUT2D eigenvalue weighted by Crippen LogP contribution is 2.29. The van der Waals surface area contributed by atoms with Crippen LogP contribution in [-0.2, 0) is 12.7 Å². The molecule has 0 saturated heterocycles. The fourth-order valence-electron chi connectivity index (χ4n) is 3.13. The Bertz CT molecular complexity index is 784. The number of rotatable bonds is 6. The third-order valence-electron chi connectivity index (χ3n) is 4.49. The molecule has 1 unspecified atom stereocenters. The Hall–Kier alpha value is -1.78. The number of nitrogens with zero attached hydrogens (tertiary/aromatic N) is 3. The quantitative estimate of drug-likeness (QED) is 0.324. The first-order valence-electron chi connectivity index (χ1n) is 9.21. The minimum atomic E-state index is -4.32. The Morgan fingerprint density at radius 2 is 1.86 bits per heavy atom. The van der Waals surface area contributed by atoms with Crippen molar-refractivity contribution in [1.82, 2.24) is 15.4 Å². The van der Waals surface area contributed by atoms with Gasteiger partial charge in [-0.25, -0.2) is 0 Å². The summed E-state index contributed by atoms with van der Waals surface area (Å²) in [5.41, 5.74) is 2.06. The molecule has 2 rings (SSSR count). The van der Waals surface area contributed by atoms with Crippen LogP contribution in [0.2, 0.25) is 0 Å². The standard InChI is InChI=1S/C20H27F3N4O.HI/c1-6-24-19(25-11-13(2)18-14(3)26-28-15(18)4)27(5)12-16-7-9-17(10-8-16)20(21,22)23;/h7-10,13H,6,11-12H2,1-5H3,(H,24,25);1H. The van der Waals surface area contributed by atoms with Crippen molar-refractivity contribution in [2.45, 2.75) is 46.3 Å². The topological polar surface area (TPSA) is 53.7 Å². The van der Waals surface area contributed by atoms with Crippen molar-refractivity contribution < 1.29 is 17.7 Å². The normalized spacial score (nSPS) is 13.0. The molecule has 0 aliphatic carbocycles. The number of aryl methyl sites for hydroxylation is 2. The maximum atomic E-state index is 12.7. The molecule has 0 fully saturated rings. The van der Waals surface area contributed by atoms with Crippen molar-refractivity contribution in [1.29, 1.82) is 0 Å². The summed E-state index contributed by atoms with van der Waals surface area (Å²) in [5.74, 6) is 1.63. The highest BCUT2D eigenvalue weighted by Gasteiger charge is 2.30. The van der Waals surface area contributed by atoms with Gasteiger partial charge in [0.1, 0.15) is 5.76 Å². The summed E-state index contributed by atoms with van der Waals surface area (Å²) in [5, 5.41) is 7.21. The lowest BCUT2D eigenvalue weighted by molar-refractivity contribution is -0.137. The van der Waals surface area contributed by atoms with Gasteiger partial charge in [0.25, 0.3) is 0 Å². The van der Waals surface area contributed by atoms with E-state index in [0.29, 0.717) is 25.6 Å². The van der Waals surface area contributed by atoms with Crippen molar-refractivity contribution in [3.8, 4) is 0 Å². The number of guanidine groups is 1. The number of halogens is 4. The summed E-state index contributed by atoms with van der Waals surface area (Å²) in [6, 6.07) is 5.20. The molecule has 0 aliphatic heterocycles. The molecule has 1 aromatic heterocycles. The lowest BCUT2D eigenvalue weighted by atomic mass is 10.00. The molecule has 0 saturated carbocycles. The summed E-state index contributed by atoms with van der Waals surface area (Å²) < 4.78 is 43.4. The zero-order valence-electron chi connectivity index (χ0n) is 17.3. The van der Waals surface area contributed by atoms with Gasteiger partial charge >= 0.3 is 6.18 Å². The van der Waals surface area contributed by atoms with Crippen LogP contribution in [0.1, 0.15) is 47.9 Å². The van der Waals surface area contributed by atoms with Crippen LogP contribution in [-0.4, -0.2) is 36.2 Å². The Morgan fingerprint density at radius 1 is 1.24 bits per heavy atom. The Labute approximate surface area is 186 Å². The van der Waals surface area contributed by atoms with E-state index in [2.05, 4.69) is 22.4 Å². The monoisotopic (exact) mass is 524 g/mol. The molecule has 162 valence electrons. The lowest BCUT2D eigenvalue weighted by Crippen LogP contribution is -2.38. The van der Waals surface area contributed by atoms with E-state index in [9.17, 15) is 13.2 Å². The molecule has 2 aromatic rings. The molecule has 0 radical (unpaired) electrons. The van der Waals surface area contributed by atoms with Gasteiger partial charge in [-0.3, -0.25) is 4.99 Å². The van der Waals surface area contributed by atoms with Crippen LogP contribution in [0.4, 0.5) is 13.2 Å². The van der Waals surface area contributed by atoms with Gasteiger partial charge in [-0.05, 0) is 38.5 Å². The minimum Gasteiger partial charge on any atom is -0.361 e. The SMILES string of the molecule is CCNC(=NCC(C)c1c(C)noc1C)N(C)Cc1ccc(C(F)(F)F)cc1.I. The minimum absolute atomic E-state index is 0. The van der Waals surface area contributed by atoms with Crippen molar-refractivity contribution >= 4 is 29.9 Å². The Morgan fingerprint density at radius 3 is 2.34 bits per heavy atom. The number of aliphatic imine (C=N–C) groups is 1. The van der Waals surface area contributed by atoms with E-state index >= 15 is 0 Å². The fourth-order valence-corrected chi connectivity index (χ4v) is 3.13. The van der Waals surface area contributed by atoms with Gasteiger partial charge in [-0.1, -0.05) is 24.2 Å². The number of nitrogens with one attached hydrogen (secondary N) is 1. The fraction of sp³-hybridized carbons (Fsp3) is 0.500. The molecule has 0 aliphatic rings. The van der Waals surface area contributed by atoms with Crippen molar-refractivity contribution in [2.75, 3.05) is 20.1 Å². The summed E-state index contributed by atoms with van der Waals surface area (Å²) in [4.78, 5) is 6.58. The van der Waals surface area contributed by atoms with Gasteiger partial charge in [0, 0.05) is 38.2 Å². The van der Waals surface area contributed by atoms with E-state index in [1.807, 2.05) is 32.7 Å². The summed E-state index contributed by atoms with van der Waals surface area (Å²) >= 11 is 0. The van der Waals surface area contributed by atoms with Gasteiger partial charge in [-0.15, -0.1) is 24.0 Å². The van der Waals surface area contributed by atoms with Crippen LogP contribution in [0.25, 0.3) is 0 Å². The molecule has 9 heteroatoms. The van der Waals surface area contributed by atoms with Crippen LogP contribution in [0.15, 0.2) is 33.8 Å². The van der Waals surface area contributed by atoms with Crippen LogP contribution in [0, 0.1) is 13.8 Å². The first kappa shape index (κ1) is 25.3. The first-order valence-corrected chi connectivity index (χ1v) is 9.21. The van der Waals surface area contributed by atoms with E-state index in [0.717, 1.165) is 34.7 Å². The van der Waals surface area contributed by atoms with E-state index < -0.39 is 11.7 Å². The van der Waals surface area contributed by atoms with E-state index in [1.165, 1.54) is 12.1 Å². The zero-order valence-corrected chi connectivity index (χ0v) is 19.6. The number of hydrogen-bond donors (Lipinski definition) is 1. The molecule has 1 heterocycles. The molecular formula is C20H28F3IN4O. The van der Waals surface area contributed by atoms with Crippen LogP contribution < -0.4 is 5.32 Å². The summed E-state index contributed by atoms with van der Waals surface area (Å²) in [6.45, 7) is 9.52.